The molecule has 0 unspecified atom stereocenters. The van der Waals surface area contributed by atoms with Gasteiger partial charge in [-0.25, -0.2) is 4.79 Å². The Morgan fingerprint density at radius 1 is 1.14 bits per heavy atom. The van der Waals surface area contributed by atoms with Crippen LogP contribution >= 0.6 is 0 Å². The van der Waals surface area contributed by atoms with Crippen LogP contribution in [-0.4, -0.2) is 56.0 Å². The molecule has 0 aliphatic carbocycles. The minimum Gasteiger partial charge on any atom is -0.350 e. The molecule has 7 nitrogen and oxygen atoms in total. The van der Waals surface area contributed by atoms with E-state index >= 15 is 0 Å². The molecule has 29 heavy (non-hydrogen) atoms. The van der Waals surface area contributed by atoms with Gasteiger partial charge < -0.3 is 25.0 Å². The van der Waals surface area contributed by atoms with Gasteiger partial charge in [-0.15, -0.1) is 0 Å². The number of urea groups is 1. The fourth-order valence-electron chi connectivity index (χ4n) is 3.89. The molecule has 7 heteroatoms. The van der Waals surface area contributed by atoms with E-state index in [-0.39, 0.29) is 23.6 Å². The molecule has 3 rings (SSSR count). The summed E-state index contributed by atoms with van der Waals surface area (Å²) in [4.78, 5) is 26.4. The molecule has 1 aromatic carbocycles. The number of carbonyl (C=O) groups is 2. The summed E-state index contributed by atoms with van der Waals surface area (Å²) in [5, 5.41) is 5.71. The van der Waals surface area contributed by atoms with Crippen LogP contribution in [0.25, 0.3) is 0 Å². The van der Waals surface area contributed by atoms with Crippen molar-refractivity contribution < 1.29 is 19.1 Å². The van der Waals surface area contributed by atoms with Crippen LogP contribution in [0.5, 0.6) is 0 Å². The number of ether oxygens (including phenoxy) is 2. The van der Waals surface area contributed by atoms with Crippen LogP contribution in [0.15, 0.2) is 24.3 Å². The minimum atomic E-state index is -0.241. The molecule has 0 radical (unpaired) electrons. The number of amides is 3. The van der Waals surface area contributed by atoms with E-state index < -0.39 is 0 Å². The van der Waals surface area contributed by atoms with Gasteiger partial charge in [0.2, 0.25) is 0 Å². The van der Waals surface area contributed by atoms with E-state index in [1.807, 2.05) is 4.90 Å². The highest BCUT2D eigenvalue weighted by atomic mass is 16.7. The molecule has 2 aliphatic rings. The maximum Gasteiger partial charge on any atom is 0.319 e. The maximum absolute atomic E-state index is 12.4. The van der Waals surface area contributed by atoms with Crippen molar-refractivity contribution in [3.05, 3.63) is 29.8 Å². The average Bonchev–Trinajstić information content (AvgIpc) is 3.45. The quantitative estimate of drug-likeness (QED) is 0.650. The lowest BCUT2D eigenvalue weighted by molar-refractivity contribution is -0.131. The number of nitrogens with zero attached hydrogens (tertiary/aromatic N) is 1. The molecule has 1 aromatic rings. The number of benzene rings is 1. The van der Waals surface area contributed by atoms with Crippen LogP contribution in [0.4, 0.5) is 10.5 Å². The van der Waals surface area contributed by atoms with Crippen molar-refractivity contribution in [1.29, 1.82) is 0 Å². The molecule has 0 spiro atoms. The molecular weight excluding hydrogens is 370 g/mol. The molecule has 0 aromatic heterocycles. The first-order valence-electron chi connectivity index (χ1n) is 10.7. The number of anilines is 1. The first-order chi connectivity index (χ1) is 14.0. The van der Waals surface area contributed by atoms with Crippen LogP contribution in [0.2, 0.25) is 0 Å². The van der Waals surface area contributed by atoms with Crippen molar-refractivity contribution in [1.82, 2.24) is 10.2 Å². The lowest BCUT2D eigenvalue weighted by Crippen LogP contribution is -2.35. The zero-order valence-corrected chi connectivity index (χ0v) is 17.5. The van der Waals surface area contributed by atoms with Gasteiger partial charge in [0.05, 0.1) is 13.2 Å². The molecular formula is C22H33N3O4. The number of hydrogen-bond acceptors (Lipinski definition) is 4. The summed E-state index contributed by atoms with van der Waals surface area (Å²) in [6.45, 7) is 7.87. The van der Waals surface area contributed by atoms with E-state index in [9.17, 15) is 9.59 Å². The Bertz CT molecular complexity index is 682. The second-order valence-electron chi connectivity index (χ2n) is 8.14. The van der Waals surface area contributed by atoms with Gasteiger partial charge in [0.15, 0.2) is 6.29 Å². The van der Waals surface area contributed by atoms with Gasteiger partial charge in [-0.2, -0.15) is 0 Å². The summed E-state index contributed by atoms with van der Waals surface area (Å²) in [6, 6.07) is 6.84. The number of nitrogens with one attached hydrogen (secondary N) is 2. The standard InChI is InChI=1S/C22H33N3O4/c1-3-22(2,20-28-15-16-29-20)11-6-12-23-21(27)24-18-9-7-17(8-10-18)19(26)25-13-4-5-14-25/h7-10,20H,3-6,11-16H2,1-2H3,(H2,23,24,27)/t22-/m0/s1. The molecule has 160 valence electrons. The largest absolute Gasteiger partial charge is 0.350 e. The summed E-state index contributed by atoms with van der Waals surface area (Å²) < 4.78 is 11.4. The fourth-order valence-corrected chi connectivity index (χ4v) is 3.89. The summed E-state index contributed by atoms with van der Waals surface area (Å²) in [7, 11) is 0. The predicted molar refractivity (Wildman–Crippen MR) is 112 cm³/mol. The number of carbonyl (C=O) groups excluding carboxylic acids is 2. The Labute approximate surface area is 173 Å². The summed E-state index contributed by atoms with van der Waals surface area (Å²) in [6.07, 6.45) is 4.73. The summed E-state index contributed by atoms with van der Waals surface area (Å²) in [5.74, 6) is 0.0627. The van der Waals surface area contributed by atoms with Gasteiger partial charge in [0, 0.05) is 36.3 Å². The van der Waals surface area contributed by atoms with Crippen molar-refractivity contribution in [3.8, 4) is 0 Å². The van der Waals surface area contributed by atoms with Crippen molar-refractivity contribution in [2.24, 2.45) is 5.41 Å². The van der Waals surface area contributed by atoms with Gasteiger partial charge in [0.1, 0.15) is 0 Å². The third-order valence-electron chi connectivity index (χ3n) is 5.99. The minimum absolute atomic E-state index is 0.0354. The van der Waals surface area contributed by atoms with Crippen LogP contribution in [0.1, 0.15) is 56.3 Å². The lowest BCUT2D eigenvalue weighted by Gasteiger charge is -2.33. The van der Waals surface area contributed by atoms with Crippen molar-refractivity contribution in [2.45, 2.75) is 52.2 Å². The fraction of sp³-hybridized carbons (Fsp3) is 0.636. The average molecular weight is 404 g/mol. The second kappa shape index (κ2) is 10.1. The molecule has 3 amide bonds. The summed E-state index contributed by atoms with van der Waals surface area (Å²) >= 11 is 0. The Kier molecular flexibility index (Phi) is 7.50. The van der Waals surface area contributed by atoms with Gasteiger partial charge in [0.25, 0.3) is 5.91 Å². The summed E-state index contributed by atoms with van der Waals surface area (Å²) in [5.41, 5.74) is 1.30. The number of hydrogen-bond donors (Lipinski definition) is 2. The van der Waals surface area contributed by atoms with Gasteiger partial charge in [-0.3, -0.25) is 4.79 Å². The Balaban J connectivity index is 1.39. The molecule has 2 fully saturated rings. The highest BCUT2D eigenvalue weighted by molar-refractivity contribution is 5.95. The highest BCUT2D eigenvalue weighted by Crippen LogP contribution is 2.35. The van der Waals surface area contributed by atoms with E-state index in [0.717, 1.165) is 45.2 Å². The Hall–Kier alpha value is -2.12. The van der Waals surface area contributed by atoms with E-state index in [1.165, 1.54) is 0 Å². The van der Waals surface area contributed by atoms with Crippen LogP contribution in [0.3, 0.4) is 0 Å². The molecule has 2 aliphatic heterocycles. The second-order valence-corrected chi connectivity index (χ2v) is 8.14. The van der Waals surface area contributed by atoms with Gasteiger partial charge in [-0.05, 0) is 56.4 Å². The monoisotopic (exact) mass is 403 g/mol. The first-order valence-corrected chi connectivity index (χ1v) is 10.7. The van der Waals surface area contributed by atoms with Crippen LogP contribution in [-0.2, 0) is 9.47 Å². The van der Waals surface area contributed by atoms with E-state index in [4.69, 9.17) is 9.47 Å². The Morgan fingerprint density at radius 3 is 2.41 bits per heavy atom. The number of likely N-dealkylation sites (tertiary alicyclic amines) is 1. The number of rotatable bonds is 8. The zero-order chi connectivity index (χ0) is 20.7. The maximum atomic E-state index is 12.4. The van der Waals surface area contributed by atoms with E-state index in [1.54, 1.807) is 24.3 Å². The van der Waals surface area contributed by atoms with Gasteiger partial charge >= 0.3 is 6.03 Å². The van der Waals surface area contributed by atoms with Gasteiger partial charge in [-0.1, -0.05) is 13.8 Å². The Morgan fingerprint density at radius 2 is 1.79 bits per heavy atom. The van der Waals surface area contributed by atoms with Crippen LogP contribution < -0.4 is 10.6 Å². The van der Waals surface area contributed by atoms with E-state index in [2.05, 4.69) is 24.5 Å². The molecule has 2 heterocycles. The predicted octanol–water partition coefficient (Wildman–Crippen LogP) is 3.61. The van der Waals surface area contributed by atoms with E-state index in [0.29, 0.717) is 31.0 Å². The highest BCUT2D eigenvalue weighted by Gasteiger charge is 2.36. The zero-order valence-electron chi connectivity index (χ0n) is 17.5. The molecule has 1 atom stereocenters. The third kappa shape index (κ3) is 5.70. The molecule has 0 saturated carbocycles. The lowest BCUT2D eigenvalue weighted by atomic mass is 9.82. The van der Waals surface area contributed by atoms with Crippen molar-refractivity contribution in [2.75, 3.05) is 38.2 Å². The molecule has 2 N–H and O–H groups in total. The third-order valence-corrected chi connectivity index (χ3v) is 5.99. The van der Waals surface area contributed by atoms with Crippen molar-refractivity contribution >= 4 is 17.6 Å². The smallest absolute Gasteiger partial charge is 0.319 e. The SMILES string of the molecule is CC[C@@](C)(CCCNC(=O)Nc1ccc(C(=O)N2CCCC2)cc1)C1OCCO1. The van der Waals surface area contributed by atoms with Crippen LogP contribution in [0, 0.1) is 5.41 Å². The van der Waals surface area contributed by atoms with Crippen molar-refractivity contribution in [3.63, 3.8) is 0 Å². The topological polar surface area (TPSA) is 79.9 Å². The normalized spacial score (nSPS) is 19.2. The molecule has 0 bridgehead atoms. The first kappa shape index (κ1) is 21.6. The molecule has 2 saturated heterocycles.